The molecule has 1 saturated carbocycles. The topological polar surface area (TPSA) is 48.1 Å². The van der Waals surface area contributed by atoms with Gasteiger partial charge in [-0.2, -0.15) is 0 Å². The first-order chi connectivity index (χ1) is 8.79. The number of hydrogen-bond acceptors (Lipinski definition) is 3. The minimum atomic E-state index is 0.276. The predicted octanol–water partition coefficient (Wildman–Crippen LogP) is 2.93. The number of nitrogens with two attached hydrogens (primary N) is 1. The van der Waals surface area contributed by atoms with E-state index in [2.05, 4.69) is 11.1 Å². The Labute approximate surface area is 110 Å². The van der Waals surface area contributed by atoms with Crippen molar-refractivity contribution in [3.8, 4) is 5.88 Å². The van der Waals surface area contributed by atoms with E-state index < -0.39 is 0 Å². The van der Waals surface area contributed by atoms with Gasteiger partial charge in [0.05, 0.1) is 7.11 Å². The van der Waals surface area contributed by atoms with Crippen molar-refractivity contribution < 1.29 is 4.74 Å². The highest BCUT2D eigenvalue weighted by atomic mass is 16.5. The van der Waals surface area contributed by atoms with Gasteiger partial charge in [-0.15, -0.1) is 0 Å². The molecule has 1 atom stereocenters. The van der Waals surface area contributed by atoms with Crippen LogP contribution >= 0.6 is 0 Å². The van der Waals surface area contributed by atoms with Crippen molar-refractivity contribution in [2.24, 2.45) is 11.7 Å². The van der Waals surface area contributed by atoms with Gasteiger partial charge in [-0.1, -0.05) is 31.7 Å². The summed E-state index contributed by atoms with van der Waals surface area (Å²) in [5.41, 5.74) is 7.58. The molecule has 3 nitrogen and oxygen atoms in total. The van der Waals surface area contributed by atoms with Crippen LogP contribution in [0.25, 0.3) is 0 Å². The molecule has 0 saturated heterocycles. The lowest BCUT2D eigenvalue weighted by Crippen LogP contribution is -2.32. The Balaban J connectivity index is 1.90. The van der Waals surface area contributed by atoms with Gasteiger partial charge in [-0.05, 0) is 30.7 Å². The van der Waals surface area contributed by atoms with Gasteiger partial charge in [-0.3, -0.25) is 0 Å². The SMILES string of the molecule is COc1ccc(CC(N)C2CCCCCC2)cn1. The van der Waals surface area contributed by atoms with E-state index in [1.165, 1.54) is 44.1 Å². The number of rotatable bonds is 4. The number of methoxy groups -OCH3 is 1. The molecular weight excluding hydrogens is 224 g/mol. The molecule has 2 N–H and O–H groups in total. The second-order valence-corrected chi connectivity index (χ2v) is 5.33. The minimum Gasteiger partial charge on any atom is -0.481 e. The first-order valence-corrected chi connectivity index (χ1v) is 7.04. The molecule has 1 unspecified atom stereocenters. The summed E-state index contributed by atoms with van der Waals surface area (Å²) in [6.07, 6.45) is 10.9. The minimum absolute atomic E-state index is 0.276. The van der Waals surface area contributed by atoms with Crippen LogP contribution in [0.4, 0.5) is 0 Å². The molecule has 1 aromatic rings. The first-order valence-electron chi connectivity index (χ1n) is 7.04. The number of hydrogen-bond donors (Lipinski definition) is 1. The molecule has 0 amide bonds. The average Bonchev–Trinajstić information content (AvgIpc) is 2.68. The average molecular weight is 248 g/mol. The predicted molar refractivity (Wildman–Crippen MR) is 73.7 cm³/mol. The van der Waals surface area contributed by atoms with E-state index in [1.807, 2.05) is 12.3 Å². The molecule has 1 aromatic heterocycles. The van der Waals surface area contributed by atoms with Crippen molar-refractivity contribution in [2.45, 2.75) is 51.0 Å². The van der Waals surface area contributed by atoms with Crippen molar-refractivity contribution in [2.75, 3.05) is 7.11 Å². The second-order valence-electron chi connectivity index (χ2n) is 5.33. The summed E-state index contributed by atoms with van der Waals surface area (Å²) >= 11 is 0. The Morgan fingerprint density at radius 2 is 2.00 bits per heavy atom. The van der Waals surface area contributed by atoms with Crippen LogP contribution in [0.1, 0.15) is 44.1 Å². The fraction of sp³-hybridized carbons (Fsp3) is 0.667. The molecule has 3 heteroatoms. The third-order valence-electron chi connectivity index (χ3n) is 3.98. The second kappa shape index (κ2) is 6.74. The summed E-state index contributed by atoms with van der Waals surface area (Å²) in [6.45, 7) is 0. The zero-order valence-electron chi connectivity index (χ0n) is 11.3. The zero-order valence-corrected chi connectivity index (χ0v) is 11.3. The van der Waals surface area contributed by atoms with Gasteiger partial charge in [0.15, 0.2) is 0 Å². The highest BCUT2D eigenvalue weighted by molar-refractivity contribution is 5.18. The van der Waals surface area contributed by atoms with Gasteiger partial charge in [0.25, 0.3) is 0 Å². The summed E-state index contributed by atoms with van der Waals surface area (Å²) in [6, 6.07) is 4.26. The molecule has 0 radical (unpaired) electrons. The molecule has 0 spiro atoms. The molecule has 1 fully saturated rings. The molecule has 18 heavy (non-hydrogen) atoms. The maximum atomic E-state index is 6.36. The number of pyridine rings is 1. The smallest absolute Gasteiger partial charge is 0.212 e. The fourth-order valence-electron chi connectivity index (χ4n) is 2.83. The molecule has 100 valence electrons. The van der Waals surface area contributed by atoms with Gasteiger partial charge < -0.3 is 10.5 Å². The third kappa shape index (κ3) is 3.70. The van der Waals surface area contributed by atoms with Gasteiger partial charge in [-0.25, -0.2) is 4.98 Å². The summed E-state index contributed by atoms with van der Waals surface area (Å²) in [5.74, 6) is 1.36. The van der Waals surface area contributed by atoms with E-state index >= 15 is 0 Å². The summed E-state index contributed by atoms with van der Waals surface area (Å²) in [7, 11) is 1.64. The maximum Gasteiger partial charge on any atom is 0.212 e. The van der Waals surface area contributed by atoms with Crippen LogP contribution in [0.2, 0.25) is 0 Å². The highest BCUT2D eigenvalue weighted by Crippen LogP contribution is 2.26. The van der Waals surface area contributed by atoms with Crippen LogP contribution in [-0.2, 0) is 6.42 Å². The van der Waals surface area contributed by atoms with Gasteiger partial charge in [0.1, 0.15) is 0 Å². The van der Waals surface area contributed by atoms with E-state index in [0.717, 1.165) is 6.42 Å². The van der Waals surface area contributed by atoms with Crippen LogP contribution in [-0.4, -0.2) is 18.1 Å². The number of aromatic nitrogens is 1. The van der Waals surface area contributed by atoms with Crippen LogP contribution in [0.15, 0.2) is 18.3 Å². The monoisotopic (exact) mass is 248 g/mol. The lowest BCUT2D eigenvalue weighted by atomic mass is 9.89. The Kier molecular flexibility index (Phi) is 5.00. The standard InChI is InChI=1S/C15H24N2O/c1-18-15-9-8-12(11-17-15)10-14(16)13-6-4-2-3-5-7-13/h8-9,11,13-14H,2-7,10,16H2,1H3. The Bertz CT molecular complexity index is 342. The third-order valence-corrected chi connectivity index (χ3v) is 3.98. The van der Waals surface area contributed by atoms with Crippen LogP contribution < -0.4 is 10.5 Å². The molecule has 1 aliphatic carbocycles. The van der Waals surface area contributed by atoms with E-state index in [9.17, 15) is 0 Å². The van der Waals surface area contributed by atoms with E-state index in [-0.39, 0.29) is 6.04 Å². The quantitative estimate of drug-likeness (QED) is 0.833. The first kappa shape index (κ1) is 13.3. The zero-order chi connectivity index (χ0) is 12.8. The molecule has 1 aliphatic rings. The molecular formula is C15H24N2O. The largest absolute Gasteiger partial charge is 0.481 e. The van der Waals surface area contributed by atoms with Gasteiger partial charge in [0, 0.05) is 18.3 Å². The number of ether oxygens (including phenoxy) is 1. The lowest BCUT2D eigenvalue weighted by molar-refractivity contribution is 0.371. The highest BCUT2D eigenvalue weighted by Gasteiger charge is 2.19. The molecule has 2 rings (SSSR count). The number of nitrogens with zero attached hydrogens (tertiary/aromatic N) is 1. The van der Waals surface area contributed by atoms with Crippen molar-refractivity contribution in [3.05, 3.63) is 23.9 Å². The fourth-order valence-corrected chi connectivity index (χ4v) is 2.83. The van der Waals surface area contributed by atoms with E-state index in [4.69, 9.17) is 10.5 Å². The Morgan fingerprint density at radius 1 is 1.28 bits per heavy atom. The van der Waals surface area contributed by atoms with Crippen molar-refractivity contribution in [1.82, 2.24) is 4.98 Å². The van der Waals surface area contributed by atoms with Crippen molar-refractivity contribution >= 4 is 0 Å². The van der Waals surface area contributed by atoms with Crippen LogP contribution in [0.3, 0.4) is 0 Å². The van der Waals surface area contributed by atoms with Gasteiger partial charge >= 0.3 is 0 Å². The molecule has 1 heterocycles. The van der Waals surface area contributed by atoms with Crippen LogP contribution in [0.5, 0.6) is 5.88 Å². The van der Waals surface area contributed by atoms with Crippen LogP contribution in [0, 0.1) is 5.92 Å². The van der Waals surface area contributed by atoms with Crippen molar-refractivity contribution in [3.63, 3.8) is 0 Å². The maximum absolute atomic E-state index is 6.36. The van der Waals surface area contributed by atoms with Crippen molar-refractivity contribution in [1.29, 1.82) is 0 Å². The van der Waals surface area contributed by atoms with E-state index in [1.54, 1.807) is 7.11 Å². The van der Waals surface area contributed by atoms with E-state index in [0.29, 0.717) is 11.8 Å². The molecule has 0 aromatic carbocycles. The summed E-state index contributed by atoms with van der Waals surface area (Å²) in [4.78, 5) is 4.24. The lowest BCUT2D eigenvalue weighted by Gasteiger charge is -2.22. The molecule has 0 aliphatic heterocycles. The normalized spacial score (nSPS) is 19.2. The Hall–Kier alpha value is -1.09. The summed E-state index contributed by atoms with van der Waals surface area (Å²) in [5, 5.41) is 0. The molecule has 0 bridgehead atoms. The summed E-state index contributed by atoms with van der Waals surface area (Å²) < 4.78 is 5.06. The van der Waals surface area contributed by atoms with Gasteiger partial charge in [0.2, 0.25) is 5.88 Å². The Morgan fingerprint density at radius 3 is 2.56 bits per heavy atom.